The van der Waals surface area contributed by atoms with Gasteiger partial charge < -0.3 is 5.32 Å². The molecule has 0 bridgehead atoms. The van der Waals surface area contributed by atoms with Crippen LogP contribution >= 0.6 is 0 Å². The Hall–Kier alpha value is -0.0400. The van der Waals surface area contributed by atoms with Crippen molar-refractivity contribution < 1.29 is 0 Å². The van der Waals surface area contributed by atoms with Gasteiger partial charge in [0.25, 0.3) is 0 Å². The molecule has 2 fully saturated rings. The second kappa shape index (κ2) is 1.22. The van der Waals surface area contributed by atoms with Crippen LogP contribution in [0.1, 0.15) is 19.3 Å². The smallest absolute Gasteiger partial charge is 0.0108 e. The lowest BCUT2D eigenvalue weighted by Crippen LogP contribution is -2.49. The highest BCUT2D eigenvalue weighted by Crippen LogP contribution is 2.30. The van der Waals surface area contributed by atoms with Crippen LogP contribution in [0.25, 0.3) is 0 Å². The molecule has 0 radical (unpaired) electrons. The fourth-order valence-corrected chi connectivity index (χ4v) is 1.69. The van der Waals surface area contributed by atoms with Gasteiger partial charge in [0.05, 0.1) is 0 Å². The lowest BCUT2D eigenvalue weighted by Gasteiger charge is -2.31. The summed E-state index contributed by atoms with van der Waals surface area (Å²) in [5, 5.41) is 3.41. The summed E-state index contributed by atoms with van der Waals surface area (Å²) >= 11 is 0. The first kappa shape index (κ1) is 3.90. The van der Waals surface area contributed by atoms with Gasteiger partial charge in [-0.1, -0.05) is 6.42 Å². The average molecular weight is 97.2 g/mol. The fourth-order valence-electron chi connectivity index (χ4n) is 1.69. The summed E-state index contributed by atoms with van der Waals surface area (Å²) in [6.07, 6.45) is 4.42. The van der Waals surface area contributed by atoms with Crippen molar-refractivity contribution in [3.8, 4) is 0 Å². The Labute approximate surface area is 44.1 Å². The summed E-state index contributed by atoms with van der Waals surface area (Å²) in [7, 11) is 0. The van der Waals surface area contributed by atoms with Gasteiger partial charge in [-0.05, 0) is 25.3 Å². The highest BCUT2D eigenvalue weighted by Gasteiger charge is 2.33. The second-order valence-corrected chi connectivity index (χ2v) is 2.71. The molecule has 2 rings (SSSR count). The highest BCUT2D eigenvalue weighted by molar-refractivity contribution is 4.92. The lowest BCUT2D eigenvalue weighted by atomic mass is 9.96. The third kappa shape index (κ3) is 0.418. The van der Waals surface area contributed by atoms with Gasteiger partial charge >= 0.3 is 0 Å². The molecule has 1 saturated carbocycles. The molecule has 1 saturated heterocycles. The van der Waals surface area contributed by atoms with Gasteiger partial charge in [0.2, 0.25) is 0 Å². The van der Waals surface area contributed by atoms with Gasteiger partial charge in [0.15, 0.2) is 0 Å². The Morgan fingerprint density at radius 1 is 1.29 bits per heavy atom. The summed E-state index contributed by atoms with van der Waals surface area (Å²) in [6, 6.07) is 0.944. The van der Waals surface area contributed by atoms with Crippen molar-refractivity contribution in [3.05, 3.63) is 0 Å². The maximum absolute atomic E-state index is 3.41. The van der Waals surface area contributed by atoms with E-state index in [0.29, 0.717) is 0 Å². The Bertz CT molecular complexity index is 70.2. The lowest BCUT2D eigenvalue weighted by molar-refractivity contribution is 0.274. The first-order chi connectivity index (χ1) is 3.47. The zero-order chi connectivity index (χ0) is 4.69. The van der Waals surface area contributed by atoms with Crippen LogP contribution < -0.4 is 5.32 Å². The van der Waals surface area contributed by atoms with E-state index in [0.717, 1.165) is 12.0 Å². The van der Waals surface area contributed by atoms with E-state index in [2.05, 4.69) is 5.32 Å². The third-order valence-electron chi connectivity index (χ3n) is 2.30. The van der Waals surface area contributed by atoms with E-state index in [1.165, 1.54) is 25.8 Å². The average Bonchev–Trinajstić information content (AvgIpc) is 1.85. The van der Waals surface area contributed by atoms with Crippen molar-refractivity contribution in [1.29, 1.82) is 0 Å². The summed E-state index contributed by atoms with van der Waals surface area (Å²) in [4.78, 5) is 0. The van der Waals surface area contributed by atoms with Gasteiger partial charge in [-0.2, -0.15) is 0 Å². The molecule has 40 valence electrons. The number of nitrogens with one attached hydrogen (secondary N) is 1. The molecule has 2 aliphatic rings. The van der Waals surface area contributed by atoms with Crippen molar-refractivity contribution in [1.82, 2.24) is 5.32 Å². The minimum Gasteiger partial charge on any atom is -0.313 e. The van der Waals surface area contributed by atoms with Crippen molar-refractivity contribution in [3.63, 3.8) is 0 Å². The topological polar surface area (TPSA) is 12.0 Å². The molecular weight excluding hydrogens is 86.1 g/mol. The van der Waals surface area contributed by atoms with Crippen molar-refractivity contribution >= 4 is 0 Å². The van der Waals surface area contributed by atoms with Crippen LogP contribution in [0.15, 0.2) is 0 Å². The molecule has 0 unspecified atom stereocenters. The van der Waals surface area contributed by atoms with Gasteiger partial charge in [-0.15, -0.1) is 0 Å². The van der Waals surface area contributed by atoms with Crippen molar-refractivity contribution in [2.24, 2.45) is 5.92 Å². The molecule has 1 aliphatic carbocycles. The van der Waals surface area contributed by atoms with Crippen LogP contribution in [0, 0.1) is 5.92 Å². The Balaban J connectivity index is 2.03. The van der Waals surface area contributed by atoms with Crippen LogP contribution in [0.3, 0.4) is 0 Å². The molecule has 0 aromatic heterocycles. The molecule has 0 amide bonds. The molecule has 1 heteroatoms. The Morgan fingerprint density at radius 3 is 2.57 bits per heavy atom. The van der Waals surface area contributed by atoms with E-state index in [-0.39, 0.29) is 0 Å². The number of rotatable bonds is 0. The first-order valence-electron chi connectivity index (χ1n) is 3.20. The quantitative estimate of drug-likeness (QED) is 0.470. The maximum Gasteiger partial charge on any atom is 0.0108 e. The highest BCUT2D eigenvalue weighted by atomic mass is 15.0. The van der Waals surface area contributed by atoms with E-state index in [1.54, 1.807) is 0 Å². The minimum atomic E-state index is 0.944. The molecule has 0 aromatic rings. The van der Waals surface area contributed by atoms with Crippen LogP contribution in [-0.2, 0) is 0 Å². The molecular formula is C6H11N. The van der Waals surface area contributed by atoms with Crippen LogP contribution in [0.5, 0.6) is 0 Å². The molecule has 1 nitrogen and oxygen atoms in total. The molecule has 0 aromatic carbocycles. The first-order valence-corrected chi connectivity index (χ1v) is 3.20. The molecule has 1 aliphatic heterocycles. The number of hydrogen-bond acceptors (Lipinski definition) is 1. The van der Waals surface area contributed by atoms with Gasteiger partial charge in [-0.3, -0.25) is 0 Å². The van der Waals surface area contributed by atoms with Crippen LogP contribution in [-0.4, -0.2) is 12.6 Å². The van der Waals surface area contributed by atoms with Crippen LogP contribution in [0.4, 0.5) is 0 Å². The zero-order valence-electron chi connectivity index (χ0n) is 4.48. The fraction of sp³-hybridized carbons (Fsp3) is 1.00. The largest absolute Gasteiger partial charge is 0.313 e. The summed E-state index contributed by atoms with van der Waals surface area (Å²) in [6.45, 7) is 1.31. The van der Waals surface area contributed by atoms with E-state index in [1.807, 2.05) is 0 Å². The Kier molecular flexibility index (Phi) is 0.680. The van der Waals surface area contributed by atoms with Gasteiger partial charge in [-0.25, -0.2) is 0 Å². The standard InChI is InChI=1S/C6H11N/c1-2-5-4-7-6(5)3-1/h5-7H,1-4H2/t5-,6-/m0/s1. The summed E-state index contributed by atoms with van der Waals surface area (Å²) in [5.74, 6) is 1.08. The molecule has 2 atom stereocenters. The van der Waals surface area contributed by atoms with Gasteiger partial charge in [0.1, 0.15) is 0 Å². The maximum atomic E-state index is 3.41. The van der Waals surface area contributed by atoms with Gasteiger partial charge in [0, 0.05) is 6.04 Å². The van der Waals surface area contributed by atoms with E-state index in [4.69, 9.17) is 0 Å². The third-order valence-corrected chi connectivity index (χ3v) is 2.30. The van der Waals surface area contributed by atoms with Crippen molar-refractivity contribution in [2.75, 3.05) is 6.54 Å². The molecule has 0 spiro atoms. The zero-order valence-corrected chi connectivity index (χ0v) is 4.48. The molecule has 1 heterocycles. The van der Waals surface area contributed by atoms with E-state index >= 15 is 0 Å². The van der Waals surface area contributed by atoms with E-state index in [9.17, 15) is 0 Å². The summed E-state index contributed by atoms with van der Waals surface area (Å²) in [5.41, 5.74) is 0. The monoisotopic (exact) mass is 97.1 g/mol. The normalized spacial score (nSPS) is 48.0. The van der Waals surface area contributed by atoms with Crippen molar-refractivity contribution in [2.45, 2.75) is 25.3 Å². The predicted octanol–water partition coefficient (Wildman–Crippen LogP) is 0.758. The predicted molar refractivity (Wildman–Crippen MR) is 29.1 cm³/mol. The molecule has 7 heavy (non-hydrogen) atoms. The Morgan fingerprint density at radius 2 is 2.29 bits per heavy atom. The van der Waals surface area contributed by atoms with Crippen LogP contribution in [0.2, 0.25) is 0 Å². The number of hydrogen-bond donors (Lipinski definition) is 1. The molecule has 1 N–H and O–H groups in total. The number of fused-ring (bicyclic) bond motifs is 1. The summed E-state index contributed by atoms with van der Waals surface area (Å²) < 4.78 is 0. The second-order valence-electron chi connectivity index (χ2n) is 2.71. The SMILES string of the molecule is C1C[C@H]2CN[C@H]2C1. The minimum absolute atomic E-state index is 0.944. The van der Waals surface area contributed by atoms with E-state index < -0.39 is 0 Å².